The van der Waals surface area contributed by atoms with Crippen molar-refractivity contribution in [3.8, 4) is 0 Å². The summed E-state index contributed by atoms with van der Waals surface area (Å²) in [6, 6.07) is 9.44. The smallest absolute Gasteiger partial charge is 0.365 e. The second-order valence-corrected chi connectivity index (χ2v) is 8.01. The van der Waals surface area contributed by atoms with Gasteiger partial charge in [0.25, 0.3) is 5.91 Å². The lowest BCUT2D eigenvalue weighted by Crippen LogP contribution is -2.35. The van der Waals surface area contributed by atoms with E-state index in [9.17, 15) is 18.0 Å². The van der Waals surface area contributed by atoms with Crippen LogP contribution in [0.4, 0.5) is 19.0 Å². The van der Waals surface area contributed by atoms with Gasteiger partial charge in [-0.1, -0.05) is 30.3 Å². The summed E-state index contributed by atoms with van der Waals surface area (Å²) in [6.45, 7) is 2.18. The fourth-order valence-electron chi connectivity index (χ4n) is 3.09. The Morgan fingerprint density at radius 2 is 2.00 bits per heavy atom. The fraction of sp³-hybridized carbons (Fsp3) is 0.364. The Balaban J connectivity index is 1.85. The van der Waals surface area contributed by atoms with E-state index in [1.165, 1.54) is 17.8 Å². The van der Waals surface area contributed by atoms with E-state index in [0.717, 1.165) is 30.0 Å². The third-order valence-corrected chi connectivity index (χ3v) is 5.42. The van der Waals surface area contributed by atoms with Crippen LogP contribution in [0, 0.1) is 12.8 Å². The number of pyridine rings is 1. The number of nitrogens with zero attached hydrogens (tertiary/aromatic N) is 1. The van der Waals surface area contributed by atoms with Crippen molar-refractivity contribution in [1.29, 1.82) is 0 Å². The van der Waals surface area contributed by atoms with Crippen molar-refractivity contribution >= 4 is 23.5 Å². The van der Waals surface area contributed by atoms with Crippen LogP contribution in [-0.2, 0) is 12.7 Å². The van der Waals surface area contributed by atoms with Gasteiger partial charge in [-0.3, -0.25) is 4.79 Å². The number of rotatable bonds is 8. The Morgan fingerprint density at radius 1 is 1.27 bits per heavy atom. The third kappa shape index (κ3) is 5.78. The zero-order valence-corrected chi connectivity index (χ0v) is 17.6. The SMILES string of the molecule is CS/C=C/C(NC(=O)c1ccc(C(F)(F)F)nc1NCc1ccccc1C)C1CC1. The van der Waals surface area contributed by atoms with Crippen LogP contribution in [0.3, 0.4) is 0 Å². The molecule has 0 aliphatic heterocycles. The number of aromatic nitrogens is 1. The molecule has 1 fully saturated rings. The maximum Gasteiger partial charge on any atom is 0.433 e. The number of hydrogen-bond donors (Lipinski definition) is 2. The molecule has 1 atom stereocenters. The van der Waals surface area contributed by atoms with Crippen LogP contribution in [0.25, 0.3) is 0 Å². The van der Waals surface area contributed by atoms with Gasteiger partial charge >= 0.3 is 6.18 Å². The molecule has 1 aromatic carbocycles. The fourth-order valence-corrected chi connectivity index (χ4v) is 3.42. The summed E-state index contributed by atoms with van der Waals surface area (Å²) in [5.74, 6) is -0.150. The highest BCUT2D eigenvalue weighted by molar-refractivity contribution is 8.01. The van der Waals surface area contributed by atoms with Crippen LogP contribution in [0.5, 0.6) is 0 Å². The van der Waals surface area contributed by atoms with Gasteiger partial charge < -0.3 is 10.6 Å². The molecule has 2 aromatic rings. The van der Waals surface area contributed by atoms with Crippen molar-refractivity contribution in [3.63, 3.8) is 0 Å². The van der Waals surface area contributed by atoms with Crippen LogP contribution in [0.15, 0.2) is 47.9 Å². The van der Waals surface area contributed by atoms with Gasteiger partial charge in [0.1, 0.15) is 11.5 Å². The Morgan fingerprint density at radius 3 is 2.63 bits per heavy atom. The number of anilines is 1. The second-order valence-electron chi connectivity index (χ2n) is 7.27. The second kappa shape index (κ2) is 9.55. The molecule has 1 saturated carbocycles. The zero-order valence-electron chi connectivity index (χ0n) is 16.8. The first-order valence-electron chi connectivity index (χ1n) is 9.66. The minimum atomic E-state index is -4.59. The van der Waals surface area contributed by atoms with Crippen LogP contribution < -0.4 is 10.6 Å². The molecule has 1 heterocycles. The highest BCUT2D eigenvalue weighted by Crippen LogP contribution is 2.34. The van der Waals surface area contributed by atoms with E-state index in [2.05, 4.69) is 15.6 Å². The lowest BCUT2D eigenvalue weighted by molar-refractivity contribution is -0.141. The minimum Gasteiger partial charge on any atom is -0.365 e. The summed E-state index contributed by atoms with van der Waals surface area (Å²) in [7, 11) is 0. The molecule has 8 heteroatoms. The first kappa shape index (κ1) is 22.2. The number of carbonyl (C=O) groups is 1. The standard InChI is InChI=1S/C22H24F3N3OS/c1-14-5-3-4-6-16(14)13-26-20-17(9-10-19(28-20)22(23,24)25)21(29)27-18(11-12-30-2)15-7-8-15/h3-6,9-12,15,18H,7-8,13H2,1-2H3,(H,26,28)(H,27,29)/b12-11+. The number of hydrogen-bond acceptors (Lipinski definition) is 4. The number of alkyl halides is 3. The molecule has 0 saturated heterocycles. The summed E-state index contributed by atoms with van der Waals surface area (Å²) < 4.78 is 39.6. The maximum absolute atomic E-state index is 13.2. The molecule has 160 valence electrons. The molecule has 1 aliphatic rings. The summed E-state index contributed by atoms with van der Waals surface area (Å²) in [5, 5.41) is 7.78. The summed E-state index contributed by atoms with van der Waals surface area (Å²) in [5.41, 5.74) is 0.980. The zero-order chi connectivity index (χ0) is 21.7. The molecule has 4 nitrogen and oxygen atoms in total. The summed E-state index contributed by atoms with van der Waals surface area (Å²) >= 11 is 1.53. The molecule has 1 aliphatic carbocycles. The van der Waals surface area contributed by atoms with Crippen molar-refractivity contribution in [1.82, 2.24) is 10.3 Å². The average molecular weight is 436 g/mol. The van der Waals surface area contributed by atoms with Crippen LogP contribution in [0.1, 0.15) is 40.0 Å². The van der Waals surface area contributed by atoms with E-state index < -0.39 is 17.8 Å². The molecular formula is C22H24F3N3OS. The van der Waals surface area contributed by atoms with Gasteiger partial charge in [0.2, 0.25) is 0 Å². The van der Waals surface area contributed by atoms with Gasteiger partial charge in [-0.15, -0.1) is 11.8 Å². The van der Waals surface area contributed by atoms with Crippen molar-refractivity contribution in [2.24, 2.45) is 5.92 Å². The van der Waals surface area contributed by atoms with Gasteiger partial charge in [-0.2, -0.15) is 13.2 Å². The molecule has 0 radical (unpaired) electrons. The number of amides is 1. The van der Waals surface area contributed by atoms with Gasteiger partial charge in [0.15, 0.2) is 0 Å². The molecule has 0 bridgehead atoms. The predicted molar refractivity (Wildman–Crippen MR) is 114 cm³/mol. The van der Waals surface area contributed by atoms with Crippen LogP contribution >= 0.6 is 11.8 Å². The highest BCUT2D eigenvalue weighted by Gasteiger charge is 2.34. The number of halogens is 3. The van der Waals surface area contributed by atoms with Crippen molar-refractivity contribution in [3.05, 3.63) is 70.3 Å². The van der Waals surface area contributed by atoms with Gasteiger partial charge in [0, 0.05) is 6.54 Å². The van der Waals surface area contributed by atoms with Gasteiger partial charge in [-0.25, -0.2) is 4.98 Å². The number of thioether (sulfide) groups is 1. The first-order valence-corrected chi connectivity index (χ1v) is 11.0. The van der Waals surface area contributed by atoms with Crippen molar-refractivity contribution < 1.29 is 18.0 Å². The van der Waals surface area contributed by atoms with E-state index in [1.807, 2.05) is 48.9 Å². The minimum absolute atomic E-state index is 0.0750. The molecule has 3 rings (SSSR count). The van der Waals surface area contributed by atoms with Crippen molar-refractivity contribution in [2.45, 2.75) is 38.5 Å². The lowest BCUT2D eigenvalue weighted by Gasteiger charge is -2.18. The first-order chi connectivity index (χ1) is 14.3. The molecule has 1 amide bonds. The quantitative estimate of drug-likeness (QED) is 0.583. The molecular weight excluding hydrogens is 411 g/mol. The molecule has 30 heavy (non-hydrogen) atoms. The van der Waals surface area contributed by atoms with Crippen molar-refractivity contribution in [2.75, 3.05) is 11.6 Å². The third-order valence-electron chi connectivity index (χ3n) is 4.99. The monoisotopic (exact) mass is 435 g/mol. The Hall–Kier alpha value is -2.48. The molecule has 1 unspecified atom stereocenters. The Bertz CT molecular complexity index is 926. The predicted octanol–water partition coefficient (Wildman–Crippen LogP) is 5.41. The van der Waals surface area contributed by atoms with E-state index in [-0.39, 0.29) is 24.0 Å². The van der Waals surface area contributed by atoms with Gasteiger partial charge in [-0.05, 0) is 60.6 Å². The van der Waals surface area contributed by atoms with E-state index in [0.29, 0.717) is 5.92 Å². The molecule has 1 aromatic heterocycles. The lowest BCUT2D eigenvalue weighted by atomic mass is 10.1. The van der Waals surface area contributed by atoms with Crippen LogP contribution in [-0.4, -0.2) is 23.2 Å². The number of nitrogens with one attached hydrogen (secondary N) is 2. The number of carbonyl (C=O) groups excluding carboxylic acids is 1. The number of benzene rings is 1. The van der Waals surface area contributed by atoms with Gasteiger partial charge in [0.05, 0.1) is 11.6 Å². The highest BCUT2D eigenvalue weighted by atomic mass is 32.2. The molecule has 2 N–H and O–H groups in total. The largest absolute Gasteiger partial charge is 0.433 e. The average Bonchev–Trinajstić information content (AvgIpc) is 3.54. The summed E-state index contributed by atoms with van der Waals surface area (Å²) in [4.78, 5) is 16.6. The normalized spacial score (nSPS) is 15.2. The Labute approximate surface area is 178 Å². The maximum atomic E-state index is 13.2. The molecule has 0 spiro atoms. The summed E-state index contributed by atoms with van der Waals surface area (Å²) in [6.07, 6.45) is 1.31. The Kier molecular flexibility index (Phi) is 7.07. The van der Waals surface area contributed by atoms with E-state index >= 15 is 0 Å². The van der Waals surface area contributed by atoms with E-state index in [4.69, 9.17) is 0 Å². The van der Waals surface area contributed by atoms with E-state index in [1.54, 1.807) is 0 Å². The topological polar surface area (TPSA) is 54.0 Å². The number of aryl methyl sites for hydroxylation is 1. The van der Waals surface area contributed by atoms with Crippen LogP contribution in [0.2, 0.25) is 0 Å².